The standard InChI is InChI=1S/C16H23ClFN/c1-12(2)11-19-8-4-5-13(3)9-14-10-15(18)6-7-16(14)17/h5-7,10,12,19H,4,8-9,11H2,1-3H3/b13-5-. The maximum atomic E-state index is 13.1. The summed E-state index contributed by atoms with van der Waals surface area (Å²) in [5.74, 6) is 0.446. The predicted molar refractivity (Wildman–Crippen MR) is 81.2 cm³/mol. The van der Waals surface area contributed by atoms with Crippen molar-refractivity contribution in [1.29, 1.82) is 0 Å². The Labute approximate surface area is 120 Å². The summed E-state index contributed by atoms with van der Waals surface area (Å²) in [6, 6.07) is 4.51. The van der Waals surface area contributed by atoms with E-state index in [-0.39, 0.29) is 5.82 Å². The Balaban J connectivity index is 2.41. The minimum atomic E-state index is -0.231. The van der Waals surface area contributed by atoms with Crippen LogP contribution < -0.4 is 5.32 Å². The van der Waals surface area contributed by atoms with Gasteiger partial charge in [-0.1, -0.05) is 37.1 Å². The molecule has 1 N–H and O–H groups in total. The fourth-order valence-corrected chi connectivity index (χ4v) is 2.05. The molecule has 1 nitrogen and oxygen atoms in total. The summed E-state index contributed by atoms with van der Waals surface area (Å²) in [6.07, 6.45) is 3.89. The number of rotatable bonds is 7. The van der Waals surface area contributed by atoms with Gasteiger partial charge in [-0.05, 0) is 62.5 Å². The zero-order valence-corrected chi connectivity index (χ0v) is 12.7. The van der Waals surface area contributed by atoms with Crippen LogP contribution in [0.2, 0.25) is 5.02 Å². The van der Waals surface area contributed by atoms with E-state index in [2.05, 4.69) is 32.2 Å². The van der Waals surface area contributed by atoms with Crippen LogP contribution in [0.3, 0.4) is 0 Å². The molecule has 0 aromatic heterocycles. The van der Waals surface area contributed by atoms with E-state index < -0.39 is 0 Å². The Morgan fingerprint density at radius 1 is 1.42 bits per heavy atom. The largest absolute Gasteiger partial charge is 0.316 e. The topological polar surface area (TPSA) is 12.0 Å². The van der Waals surface area contributed by atoms with E-state index in [0.717, 1.165) is 25.1 Å². The quantitative estimate of drug-likeness (QED) is 0.569. The average molecular weight is 284 g/mol. The van der Waals surface area contributed by atoms with Crippen molar-refractivity contribution in [3.63, 3.8) is 0 Å². The zero-order chi connectivity index (χ0) is 14.3. The Morgan fingerprint density at radius 3 is 2.84 bits per heavy atom. The van der Waals surface area contributed by atoms with Gasteiger partial charge in [0.15, 0.2) is 0 Å². The third-order valence-electron chi connectivity index (χ3n) is 2.84. The predicted octanol–water partition coefficient (Wildman–Crippen LogP) is 4.60. The summed E-state index contributed by atoms with van der Waals surface area (Å²) in [5, 5.41) is 4.03. The highest BCUT2D eigenvalue weighted by Gasteiger charge is 2.03. The molecule has 0 saturated carbocycles. The second kappa shape index (κ2) is 8.34. The smallest absolute Gasteiger partial charge is 0.123 e. The summed E-state index contributed by atoms with van der Waals surface area (Å²) in [4.78, 5) is 0. The summed E-state index contributed by atoms with van der Waals surface area (Å²) in [7, 11) is 0. The van der Waals surface area contributed by atoms with Crippen molar-refractivity contribution < 1.29 is 4.39 Å². The van der Waals surface area contributed by atoms with Crippen LogP contribution in [0.25, 0.3) is 0 Å². The molecule has 0 fully saturated rings. The molecule has 0 amide bonds. The lowest BCUT2D eigenvalue weighted by atomic mass is 10.1. The van der Waals surface area contributed by atoms with Gasteiger partial charge in [0.2, 0.25) is 0 Å². The van der Waals surface area contributed by atoms with Crippen molar-refractivity contribution in [2.75, 3.05) is 13.1 Å². The molecule has 0 aliphatic rings. The van der Waals surface area contributed by atoms with Crippen LogP contribution in [0.1, 0.15) is 32.8 Å². The molecule has 0 aliphatic heterocycles. The Morgan fingerprint density at radius 2 is 2.16 bits per heavy atom. The van der Waals surface area contributed by atoms with Crippen LogP contribution in [0, 0.1) is 11.7 Å². The van der Waals surface area contributed by atoms with E-state index in [4.69, 9.17) is 11.6 Å². The van der Waals surface area contributed by atoms with Crippen LogP contribution in [-0.2, 0) is 6.42 Å². The fraction of sp³-hybridized carbons (Fsp3) is 0.500. The van der Waals surface area contributed by atoms with Crippen LogP contribution in [-0.4, -0.2) is 13.1 Å². The number of nitrogens with one attached hydrogen (secondary N) is 1. The molecular weight excluding hydrogens is 261 g/mol. The first-order valence-corrected chi connectivity index (χ1v) is 7.17. The molecule has 1 aromatic rings. The second-order valence-electron chi connectivity index (χ2n) is 5.35. The first-order chi connectivity index (χ1) is 8.99. The minimum Gasteiger partial charge on any atom is -0.316 e. The van der Waals surface area contributed by atoms with E-state index >= 15 is 0 Å². The van der Waals surface area contributed by atoms with Crippen molar-refractivity contribution in [2.24, 2.45) is 5.92 Å². The maximum Gasteiger partial charge on any atom is 0.123 e. The van der Waals surface area contributed by atoms with Gasteiger partial charge in [0, 0.05) is 5.02 Å². The molecule has 0 radical (unpaired) electrons. The minimum absolute atomic E-state index is 0.231. The SMILES string of the molecule is C/C(=C/CCNCC(C)C)Cc1cc(F)ccc1Cl. The summed E-state index contributed by atoms with van der Waals surface area (Å²) in [6.45, 7) is 8.47. The lowest BCUT2D eigenvalue weighted by molar-refractivity contribution is 0.556. The second-order valence-corrected chi connectivity index (χ2v) is 5.76. The normalized spacial score (nSPS) is 12.2. The number of halogens is 2. The number of hydrogen-bond donors (Lipinski definition) is 1. The third-order valence-corrected chi connectivity index (χ3v) is 3.21. The molecule has 0 bridgehead atoms. The highest BCUT2D eigenvalue weighted by atomic mass is 35.5. The first-order valence-electron chi connectivity index (χ1n) is 6.79. The molecule has 1 rings (SSSR count). The molecule has 106 valence electrons. The van der Waals surface area contributed by atoms with E-state index in [1.807, 2.05) is 0 Å². The Bertz CT molecular complexity index is 427. The molecular formula is C16H23ClFN. The molecule has 1 aromatic carbocycles. The van der Waals surface area contributed by atoms with Gasteiger partial charge in [-0.2, -0.15) is 0 Å². The molecule has 0 unspecified atom stereocenters. The van der Waals surface area contributed by atoms with Crippen molar-refractivity contribution in [1.82, 2.24) is 5.32 Å². The van der Waals surface area contributed by atoms with Gasteiger partial charge in [0.25, 0.3) is 0 Å². The highest BCUT2D eigenvalue weighted by molar-refractivity contribution is 6.31. The van der Waals surface area contributed by atoms with Crippen molar-refractivity contribution in [3.8, 4) is 0 Å². The van der Waals surface area contributed by atoms with Crippen LogP contribution in [0.4, 0.5) is 4.39 Å². The molecule has 0 heterocycles. The van der Waals surface area contributed by atoms with Crippen LogP contribution in [0.5, 0.6) is 0 Å². The highest BCUT2D eigenvalue weighted by Crippen LogP contribution is 2.20. The van der Waals surface area contributed by atoms with Gasteiger partial charge in [-0.25, -0.2) is 4.39 Å². The fourth-order valence-electron chi connectivity index (χ4n) is 1.86. The summed E-state index contributed by atoms with van der Waals surface area (Å²) >= 11 is 6.05. The molecule has 0 saturated heterocycles. The van der Waals surface area contributed by atoms with Crippen molar-refractivity contribution >= 4 is 11.6 Å². The van der Waals surface area contributed by atoms with Gasteiger partial charge in [-0.15, -0.1) is 0 Å². The van der Waals surface area contributed by atoms with Gasteiger partial charge in [0.1, 0.15) is 5.82 Å². The van der Waals surface area contributed by atoms with Crippen molar-refractivity contribution in [2.45, 2.75) is 33.6 Å². The van der Waals surface area contributed by atoms with E-state index in [0.29, 0.717) is 17.4 Å². The Kier molecular flexibility index (Phi) is 7.11. The van der Waals surface area contributed by atoms with Crippen LogP contribution >= 0.6 is 11.6 Å². The van der Waals surface area contributed by atoms with Gasteiger partial charge < -0.3 is 5.32 Å². The zero-order valence-electron chi connectivity index (χ0n) is 12.0. The molecule has 0 atom stereocenters. The number of hydrogen-bond acceptors (Lipinski definition) is 1. The molecule has 0 aliphatic carbocycles. The van der Waals surface area contributed by atoms with E-state index in [1.165, 1.54) is 17.7 Å². The molecule has 19 heavy (non-hydrogen) atoms. The van der Waals surface area contributed by atoms with Gasteiger partial charge in [0.05, 0.1) is 0 Å². The average Bonchev–Trinajstić information content (AvgIpc) is 2.33. The first kappa shape index (κ1) is 16.2. The number of allylic oxidation sites excluding steroid dienone is 1. The lowest BCUT2D eigenvalue weighted by Crippen LogP contribution is -2.20. The monoisotopic (exact) mass is 283 g/mol. The number of benzene rings is 1. The molecule has 0 spiro atoms. The van der Waals surface area contributed by atoms with Crippen LogP contribution in [0.15, 0.2) is 29.8 Å². The Hall–Kier alpha value is -0.860. The third kappa shape index (κ3) is 6.74. The lowest BCUT2D eigenvalue weighted by Gasteiger charge is -2.07. The summed E-state index contributed by atoms with van der Waals surface area (Å²) in [5.41, 5.74) is 2.07. The maximum absolute atomic E-state index is 13.1. The van der Waals surface area contributed by atoms with Gasteiger partial charge >= 0.3 is 0 Å². The van der Waals surface area contributed by atoms with E-state index in [1.54, 1.807) is 6.07 Å². The van der Waals surface area contributed by atoms with Crippen molar-refractivity contribution in [3.05, 3.63) is 46.3 Å². The molecule has 3 heteroatoms. The summed E-state index contributed by atoms with van der Waals surface area (Å²) < 4.78 is 13.1. The van der Waals surface area contributed by atoms with E-state index in [9.17, 15) is 4.39 Å². The van der Waals surface area contributed by atoms with Gasteiger partial charge in [-0.3, -0.25) is 0 Å².